The number of alkyl halides is 3. The van der Waals surface area contributed by atoms with Gasteiger partial charge in [-0.3, -0.25) is 14.2 Å². The number of amides is 1. The van der Waals surface area contributed by atoms with Gasteiger partial charge < -0.3 is 4.90 Å². The minimum atomic E-state index is -4.62. The lowest BCUT2D eigenvalue weighted by Crippen LogP contribution is -2.28. The highest BCUT2D eigenvalue weighted by molar-refractivity contribution is 6.31. The average Bonchev–Trinajstić information content (AvgIpc) is 3.10. The van der Waals surface area contributed by atoms with Crippen LogP contribution in [0.2, 0.25) is 5.02 Å². The minimum absolute atomic E-state index is 0.0207. The van der Waals surface area contributed by atoms with Crippen LogP contribution in [0.15, 0.2) is 12.3 Å². The summed E-state index contributed by atoms with van der Waals surface area (Å²) in [5.74, 6) is -0.205. The molecule has 2 aromatic heterocycles. The molecule has 2 rings (SSSR count). The smallest absolute Gasteiger partial charge is 0.340 e. The van der Waals surface area contributed by atoms with Crippen molar-refractivity contribution in [2.75, 3.05) is 7.05 Å². The van der Waals surface area contributed by atoms with Crippen molar-refractivity contribution in [2.45, 2.75) is 46.1 Å². The fourth-order valence-corrected chi connectivity index (χ4v) is 2.67. The fourth-order valence-electron chi connectivity index (χ4n) is 2.43. The van der Waals surface area contributed by atoms with Crippen molar-refractivity contribution in [3.8, 4) is 0 Å². The summed E-state index contributed by atoms with van der Waals surface area (Å²) in [7, 11) is 1.64. The van der Waals surface area contributed by atoms with E-state index in [1.807, 2.05) is 13.0 Å². The van der Waals surface area contributed by atoms with Crippen molar-refractivity contribution in [2.24, 2.45) is 0 Å². The van der Waals surface area contributed by atoms with Gasteiger partial charge in [0.2, 0.25) is 5.91 Å². The molecule has 2 aromatic rings. The predicted octanol–water partition coefficient (Wildman–Crippen LogP) is 3.13. The van der Waals surface area contributed by atoms with Gasteiger partial charge in [-0.15, -0.1) is 0 Å². The molecule has 0 N–H and O–H groups in total. The molecule has 0 aliphatic heterocycles. The van der Waals surface area contributed by atoms with Crippen molar-refractivity contribution in [3.63, 3.8) is 0 Å². The second kappa shape index (κ2) is 7.47. The van der Waals surface area contributed by atoms with Crippen LogP contribution in [0.25, 0.3) is 0 Å². The van der Waals surface area contributed by atoms with Gasteiger partial charge in [0.25, 0.3) is 0 Å². The summed E-state index contributed by atoms with van der Waals surface area (Å²) in [4.78, 5) is 13.8. The van der Waals surface area contributed by atoms with Crippen LogP contribution in [-0.2, 0) is 30.6 Å². The van der Waals surface area contributed by atoms with Crippen LogP contribution in [0.5, 0.6) is 0 Å². The first kappa shape index (κ1) is 19.3. The van der Waals surface area contributed by atoms with Gasteiger partial charge in [0.1, 0.15) is 0 Å². The maximum atomic E-state index is 12.8. The minimum Gasteiger partial charge on any atom is -0.340 e. The lowest BCUT2D eigenvalue weighted by molar-refractivity contribution is -0.141. The Hall–Kier alpha value is -2.03. The zero-order valence-corrected chi connectivity index (χ0v) is 14.9. The molecule has 0 saturated heterocycles. The van der Waals surface area contributed by atoms with E-state index in [4.69, 9.17) is 11.6 Å². The van der Waals surface area contributed by atoms with E-state index in [2.05, 4.69) is 10.2 Å². The van der Waals surface area contributed by atoms with Crippen molar-refractivity contribution >= 4 is 17.5 Å². The van der Waals surface area contributed by atoms with Gasteiger partial charge in [0.15, 0.2) is 5.69 Å². The summed E-state index contributed by atoms with van der Waals surface area (Å²) in [6.45, 7) is 4.48. The molecular formula is C15H19ClF3N5O. The third-order valence-electron chi connectivity index (χ3n) is 3.87. The average molecular weight is 378 g/mol. The largest absolute Gasteiger partial charge is 0.436 e. The van der Waals surface area contributed by atoms with Gasteiger partial charge in [0, 0.05) is 26.2 Å². The SMILES string of the molecule is CCn1nccc1CN(C)C(=O)CCn1nc(C(F)(F)F)c(Cl)c1C. The summed E-state index contributed by atoms with van der Waals surface area (Å²) in [5, 5.41) is 7.19. The Morgan fingerprint density at radius 3 is 2.60 bits per heavy atom. The van der Waals surface area contributed by atoms with Crippen LogP contribution in [-0.4, -0.2) is 37.4 Å². The Kier molecular flexibility index (Phi) is 5.76. The van der Waals surface area contributed by atoms with Gasteiger partial charge in [-0.25, -0.2) is 0 Å². The summed E-state index contributed by atoms with van der Waals surface area (Å²) in [5.41, 5.74) is -0.0520. The Morgan fingerprint density at radius 2 is 2.04 bits per heavy atom. The van der Waals surface area contributed by atoms with E-state index < -0.39 is 16.9 Å². The summed E-state index contributed by atoms with van der Waals surface area (Å²) < 4.78 is 41.3. The van der Waals surface area contributed by atoms with Crippen molar-refractivity contribution < 1.29 is 18.0 Å². The molecule has 0 aliphatic carbocycles. The number of carbonyl (C=O) groups is 1. The second-order valence-electron chi connectivity index (χ2n) is 5.61. The molecule has 0 unspecified atom stereocenters. The summed E-state index contributed by atoms with van der Waals surface area (Å²) in [6, 6.07) is 1.82. The van der Waals surface area contributed by atoms with E-state index in [9.17, 15) is 18.0 Å². The van der Waals surface area contributed by atoms with Gasteiger partial charge in [-0.05, 0) is 19.9 Å². The molecule has 2 heterocycles. The van der Waals surface area contributed by atoms with E-state index in [-0.39, 0.29) is 24.6 Å². The third-order valence-corrected chi connectivity index (χ3v) is 4.32. The quantitative estimate of drug-likeness (QED) is 0.777. The normalized spacial score (nSPS) is 11.8. The number of carbonyl (C=O) groups excluding carboxylic acids is 1. The number of hydrogen-bond acceptors (Lipinski definition) is 3. The lowest BCUT2D eigenvalue weighted by atomic mass is 10.3. The van der Waals surface area contributed by atoms with Crippen LogP contribution in [0, 0.1) is 6.92 Å². The number of aromatic nitrogens is 4. The van der Waals surface area contributed by atoms with Crippen molar-refractivity contribution in [1.82, 2.24) is 24.5 Å². The number of rotatable bonds is 6. The highest BCUT2D eigenvalue weighted by Gasteiger charge is 2.38. The number of aryl methyl sites for hydroxylation is 2. The Balaban J connectivity index is 2.00. The van der Waals surface area contributed by atoms with E-state index >= 15 is 0 Å². The number of halogens is 4. The Bertz CT molecular complexity index is 753. The van der Waals surface area contributed by atoms with Crippen LogP contribution in [0.3, 0.4) is 0 Å². The number of hydrogen-bond donors (Lipinski definition) is 0. The van der Waals surface area contributed by atoms with Crippen LogP contribution in [0.4, 0.5) is 13.2 Å². The molecule has 0 fully saturated rings. The zero-order valence-electron chi connectivity index (χ0n) is 14.1. The molecule has 10 heteroatoms. The fraction of sp³-hybridized carbons (Fsp3) is 0.533. The zero-order chi connectivity index (χ0) is 18.8. The molecule has 0 bridgehead atoms. The molecule has 0 radical (unpaired) electrons. The molecule has 0 atom stereocenters. The maximum Gasteiger partial charge on any atom is 0.436 e. The summed E-state index contributed by atoms with van der Waals surface area (Å²) >= 11 is 5.70. The lowest BCUT2D eigenvalue weighted by Gasteiger charge is -2.18. The maximum absolute atomic E-state index is 12.8. The van der Waals surface area contributed by atoms with E-state index in [0.29, 0.717) is 13.1 Å². The highest BCUT2D eigenvalue weighted by Crippen LogP contribution is 2.35. The van der Waals surface area contributed by atoms with E-state index in [0.717, 1.165) is 10.4 Å². The van der Waals surface area contributed by atoms with Gasteiger partial charge in [0.05, 0.1) is 29.5 Å². The van der Waals surface area contributed by atoms with Gasteiger partial charge in [-0.1, -0.05) is 11.6 Å². The van der Waals surface area contributed by atoms with Crippen molar-refractivity contribution in [1.29, 1.82) is 0 Å². The van der Waals surface area contributed by atoms with Gasteiger partial charge in [-0.2, -0.15) is 23.4 Å². The molecule has 25 heavy (non-hydrogen) atoms. The second-order valence-corrected chi connectivity index (χ2v) is 5.98. The first-order valence-corrected chi connectivity index (χ1v) is 8.07. The van der Waals surface area contributed by atoms with Gasteiger partial charge >= 0.3 is 6.18 Å². The first-order valence-electron chi connectivity index (χ1n) is 7.69. The standard InChI is InChI=1S/C15H19ClF3N5O/c1-4-23-11(5-7-20-23)9-22(3)12(25)6-8-24-10(2)13(16)14(21-24)15(17,18)19/h5,7H,4,6,8-9H2,1-3H3. The molecule has 0 saturated carbocycles. The molecule has 1 amide bonds. The molecule has 0 spiro atoms. The van der Waals surface area contributed by atoms with E-state index in [1.165, 1.54) is 11.8 Å². The first-order chi connectivity index (χ1) is 11.6. The van der Waals surface area contributed by atoms with Crippen molar-refractivity contribution in [3.05, 3.63) is 34.4 Å². The third kappa shape index (κ3) is 4.33. The van der Waals surface area contributed by atoms with Crippen LogP contribution >= 0.6 is 11.6 Å². The molecule has 0 aliphatic rings. The molecule has 0 aromatic carbocycles. The molecular weight excluding hydrogens is 359 g/mol. The van der Waals surface area contributed by atoms with Crippen LogP contribution in [0.1, 0.15) is 30.4 Å². The number of nitrogens with zero attached hydrogens (tertiary/aromatic N) is 5. The van der Waals surface area contributed by atoms with Crippen LogP contribution < -0.4 is 0 Å². The molecule has 138 valence electrons. The Labute approximate surface area is 148 Å². The summed E-state index contributed by atoms with van der Waals surface area (Å²) in [6.07, 6.45) is -2.94. The topological polar surface area (TPSA) is 56.0 Å². The highest BCUT2D eigenvalue weighted by atomic mass is 35.5. The monoisotopic (exact) mass is 377 g/mol. The van der Waals surface area contributed by atoms with E-state index in [1.54, 1.807) is 17.9 Å². The Morgan fingerprint density at radius 1 is 1.36 bits per heavy atom. The molecule has 6 nitrogen and oxygen atoms in total. The predicted molar refractivity (Wildman–Crippen MR) is 86.0 cm³/mol.